The smallest absolute Gasteiger partial charge is 0.327 e. The van der Waals surface area contributed by atoms with E-state index in [9.17, 15) is 14.4 Å². The van der Waals surface area contributed by atoms with E-state index in [0.717, 1.165) is 11.8 Å². The van der Waals surface area contributed by atoms with Crippen molar-refractivity contribution in [1.82, 2.24) is 10.6 Å². The molecule has 86 valence electrons. The summed E-state index contributed by atoms with van der Waals surface area (Å²) < 4.78 is 0. The first-order valence-electron chi connectivity index (χ1n) is 4.38. The Hall–Kier alpha value is -1.24. The molecule has 1 unspecified atom stereocenters. The molecule has 0 rings (SSSR count). The molecular formula is C8H14N2O4S. The number of aliphatic carboxylic acids is 1. The van der Waals surface area contributed by atoms with Gasteiger partial charge in [-0.1, -0.05) is 0 Å². The maximum atomic E-state index is 11.0. The summed E-state index contributed by atoms with van der Waals surface area (Å²) in [5, 5.41) is 13.4. The number of hydrogen-bond donors (Lipinski definition) is 3. The Morgan fingerprint density at radius 2 is 2.20 bits per heavy atom. The summed E-state index contributed by atoms with van der Waals surface area (Å²) in [4.78, 5) is 31.6. The van der Waals surface area contributed by atoms with E-state index < -0.39 is 12.0 Å². The first-order chi connectivity index (χ1) is 7.11. The molecule has 0 aliphatic heterocycles. The predicted molar refractivity (Wildman–Crippen MR) is 56.6 cm³/mol. The Morgan fingerprint density at radius 1 is 1.53 bits per heavy atom. The van der Waals surface area contributed by atoms with Gasteiger partial charge in [-0.15, -0.1) is 11.8 Å². The van der Waals surface area contributed by atoms with Crippen molar-refractivity contribution in [2.45, 2.75) is 13.0 Å². The molecule has 0 saturated carbocycles. The highest BCUT2D eigenvalue weighted by Gasteiger charge is 2.16. The molecule has 0 spiro atoms. The van der Waals surface area contributed by atoms with Crippen LogP contribution >= 0.6 is 11.8 Å². The van der Waals surface area contributed by atoms with Crippen LogP contribution in [0.4, 0.5) is 0 Å². The van der Waals surface area contributed by atoms with Gasteiger partial charge in [0.2, 0.25) is 12.3 Å². The normalized spacial score (nSPS) is 11.5. The van der Waals surface area contributed by atoms with E-state index in [0.29, 0.717) is 13.0 Å². The molecule has 3 N–H and O–H groups in total. The summed E-state index contributed by atoms with van der Waals surface area (Å²) in [5.74, 6) is -0.883. The summed E-state index contributed by atoms with van der Waals surface area (Å²) in [6, 6.07) is -0.943. The second-order valence-corrected chi connectivity index (χ2v) is 3.67. The third-order valence-electron chi connectivity index (χ3n) is 1.46. The Kier molecular flexibility index (Phi) is 7.43. The molecule has 0 aromatic heterocycles. The maximum absolute atomic E-state index is 11.0. The molecule has 0 aromatic rings. The lowest BCUT2D eigenvalue weighted by molar-refractivity contribution is -0.139. The maximum Gasteiger partial charge on any atom is 0.327 e. The predicted octanol–water partition coefficient (Wildman–Crippen LogP) is -0.945. The van der Waals surface area contributed by atoms with E-state index in [-0.39, 0.29) is 17.4 Å². The molecule has 7 heteroatoms. The topological polar surface area (TPSA) is 95.5 Å². The van der Waals surface area contributed by atoms with Gasteiger partial charge in [-0.25, -0.2) is 4.79 Å². The average molecular weight is 234 g/mol. The number of carboxylic acids is 1. The lowest BCUT2D eigenvalue weighted by atomic mass is 10.3. The molecule has 0 heterocycles. The molecule has 0 fully saturated rings. The van der Waals surface area contributed by atoms with E-state index >= 15 is 0 Å². The molecule has 15 heavy (non-hydrogen) atoms. The SMILES string of the molecule is CCNC(=O)CSCC(NC=O)C(=O)O. The zero-order valence-corrected chi connectivity index (χ0v) is 9.17. The Bertz CT molecular complexity index is 235. The fraction of sp³-hybridized carbons (Fsp3) is 0.625. The van der Waals surface area contributed by atoms with Gasteiger partial charge in [-0.3, -0.25) is 9.59 Å². The highest BCUT2D eigenvalue weighted by Crippen LogP contribution is 2.02. The first-order valence-corrected chi connectivity index (χ1v) is 5.54. The van der Waals surface area contributed by atoms with E-state index in [2.05, 4.69) is 10.6 Å². The molecule has 0 aliphatic rings. The van der Waals surface area contributed by atoms with Crippen LogP contribution in [0.3, 0.4) is 0 Å². The van der Waals surface area contributed by atoms with Crippen LogP contribution in [0.25, 0.3) is 0 Å². The van der Waals surface area contributed by atoms with E-state index in [1.807, 2.05) is 0 Å². The van der Waals surface area contributed by atoms with Crippen molar-refractivity contribution in [1.29, 1.82) is 0 Å². The number of amides is 2. The molecule has 0 aromatic carbocycles. The van der Waals surface area contributed by atoms with Crippen molar-refractivity contribution in [3.8, 4) is 0 Å². The molecule has 0 bridgehead atoms. The highest BCUT2D eigenvalue weighted by molar-refractivity contribution is 8.00. The van der Waals surface area contributed by atoms with Crippen LogP contribution in [0.5, 0.6) is 0 Å². The summed E-state index contributed by atoms with van der Waals surface area (Å²) in [6.07, 6.45) is 0.339. The fourth-order valence-corrected chi connectivity index (χ4v) is 1.67. The third-order valence-corrected chi connectivity index (χ3v) is 2.49. The van der Waals surface area contributed by atoms with Crippen LogP contribution in [0.2, 0.25) is 0 Å². The highest BCUT2D eigenvalue weighted by atomic mass is 32.2. The number of nitrogens with one attached hydrogen (secondary N) is 2. The van der Waals surface area contributed by atoms with Crippen LogP contribution in [0.1, 0.15) is 6.92 Å². The van der Waals surface area contributed by atoms with Gasteiger partial charge in [0, 0.05) is 12.3 Å². The summed E-state index contributed by atoms with van der Waals surface area (Å²) in [5.41, 5.74) is 0. The quantitative estimate of drug-likeness (QED) is 0.471. The number of thioether (sulfide) groups is 1. The van der Waals surface area contributed by atoms with Crippen molar-refractivity contribution in [3.05, 3.63) is 0 Å². The van der Waals surface area contributed by atoms with Crippen molar-refractivity contribution < 1.29 is 19.5 Å². The Balaban J connectivity index is 3.75. The minimum Gasteiger partial charge on any atom is -0.480 e. The molecule has 1 atom stereocenters. The summed E-state index contributed by atoms with van der Waals surface area (Å²) in [6.45, 7) is 2.35. The van der Waals surface area contributed by atoms with Crippen LogP contribution in [-0.4, -0.2) is 47.5 Å². The standard InChI is InChI=1S/C8H14N2O4S/c1-2-9-7(12)4-15-3-6(8(13)14)10-5-11/h5-6H,2-4H2,1H3,(H,9,12)(H,10,11)(H,13,14). The van der Waals surface area contributed by atoms with E-state index in [1.165, 1.54) is 0 Å². The van der Waals surface area contributed by atoms with E-state index in [1.54, 1.807) is 6.92 Å². The molecule has 0 saturated heterocycles. The monoisotopic (exact) mass is 234 g/mol. The zero-order chi connectivity index (χ0) is 11.7. The van der Waals surface area contributed by atoms with Crippen molar-refractivity contribution in [3.63, 3.8) is 0 Å². The van der Waals surface area contributed by atoms with Crippen LogP contribution < -0.4 is 10.6 Å². The van der Waals surface area contributed by atoms with Gasteiger partial charge in [0.15, 0.2) is 0 Å². The molecule has 2 amide bonds. The second kappa shape index (κ2) is 8.10. The van der Waals surface area contributed by atoms with Gasteiger partial charge in [0.1, 0.15) is 6.04 Å². The number of rotatable bonds is 8. The summed E-state index contributed by atoms with van der Waals surface area (Å²) in [7, 11) is 0. The molecule has 6 nitrogen and oxygen atoms in total. The number of carbonyl (C=O) groups excluding carboxylic acids is 2. The zero-order valence-electron chi connectivity index (χ0n) is 8.36. The van der Waals surface area contributed by atoms with Gasteiger partial charge in [0.25, 0.3) is 0 Å². The second-order valence-electron chi connectivity index (χ2n) is 2.64. The lowest BCUT2D eigenvalue weighted by Crippen LogP contribution is -2.38. The van der Waals surface area contributed by atoms with Gasteiger partial charge in [-0.2, -0.15) is 0 Å². The Morgan fingerprint density at radius 3 is 2.67 bits per heavy atom. The van der Waals surface area contributed by atoms with E-state index in [4.69, 9.17) is 5.11 Å². The molecule has 0 aliphatic carbocycles. The van der Waals surface area contributed by atoms with Gasteiger partial charge in [0.05, 0.1) is 5.75 Å². The third kappa shape index (κ3) is 6.78. The van der Waals surface area contributed by atoms with Crippen molar-refractivity contribution in [2.75, 3.05) is 18.1 Å². The minimum absolute atomic E-state index is 0.141. The molecule has 0 radical (unpaired) electrons. The van der Waals surface area contributed by atoms with Crippen LogP contribution in [0.15, 0.2) is 0 Å². The van der Waals surface area contributed by atoms with Crippen LogP contribution in [-0.2, 0) is 14.4 Å². The van der Waals surface area contributed by atoms with Gasteiger partial charge in [-0.05, 0) is 6.92 Å². The summed E-state index contributed by atoms with van der Waals surface area (Å²) >= 11 is 1.16. The van der Waals surface area contributed by atoms with Crippen LogP contribution in [0, 0.1) is 0 Å². The first kappa shape index (κ1) is 13.8. The number of carboxylic acid groups (broad SMARTS) is 1. The van der Waals surface area contributed by atoms with Gasteiger partial charge < -0.3 is 15.7 Å². The minimum atomic E-state index is -1.11. The number of carbonyl (C=O) groups is 3. The lowest BCUT2D eigenvalue weighted by Gasteiger charge is -2.09. The average Bonchev–Trinajstić information content (AvgIpc) is 2.16. The Labute approximate surface area is 91.8 Å². The van der Waals surface area contributed by atoms with Crippen molar-refractivity contribution in [2.24, 2.45) is 0 Å². The fourth-order valence-electron chi connectivity index (χ4n) is 0.790. The largest absolute Gasteiger partial charge is 0.480 e. The number of hydrogen-bond acceptors (Lipinski definition) is 4. The van der Waals surface area contributed by atoms with Crippen molar-refractivity contribution >= 4 is 30.0 Å². The molecular weight excluding hydrogens is 220 g/mol. The van der Waals surface area contributed by atoms with Gasteiger partial charge >= 0.3 is 5.97 Å².